The second-order valence-electron chi connectivity index (χ2n) is 7.82. The standard InChI is InChI=1S/C20H19F2N9/c1-28-9-14(7-25-28)16-6-18-24-4-5-30(18)19(27-16)15-8-26-31(10-15)20(2-3-23)12-29(13-20)11-17(21)22/h4-10,17H,2,11-13H2,1H3. The first-order valence-corrected chi connectivity index (χ1v) is 9.73. The van der Waals surface area contributed by atoms with Gasteiger partial charge in [0.1, 0.15) is 17.0 Å². The molecule has 4 aromatic heterocycles. The Morgan fingerprint density at radius 3 is 2.71 bits per heavy atom. The molecular formula is C20H19F2N9. The van der Waals surface area contributed by atoms with Crippen molar-refractivity contribution in [2.75, 3.05) is 19.6 Å². The molecule has 1 aliphatic rings. The number of hydrogen-bond acceptors (Lipinski definition) is 6. The molecule has 0 aliphatic carbocycles. The molecule has 158 valence electrons. The monoisotopic (exact) mass is 423 g/mol. The van der Waals surface area contributed by atoms with Gasteiger partial charge in [0.25, 0.3) is 6.43 Å². The first kappa shape index (κ1) is 19.3. The first-order chi connectivity index (χ1) is 15.0. The summed E-state index contributed by atoms with van der Waals surface area (Å²) in [5, 5.41) is 18.0. The summed E-state index contributed by atoms with van der Waals surface area (Å²) in [5.74, 6) is 0.649. The van der Waals surface area contributed by atoms with Crippen LogP contribution in [-0.4, -0.2) is 64.9 Å². The highest BCUT2D eigenvalue weighted by Crippen LogP contribution is 2.34. The van der Waals surface area contributed by atoms with Crippen molar-refractivity contribution in [1.29, 1.82) is 5.26 Å². The Kier molecular flexibility index (Phi) is 4.51. The molecule has 0 amide bonds. The van der Waals surface area contributed by atoms with Crippen LogP contribution in [0.2, 0.25) is 0 Å². The highest BCUT2D eigenvalue weighted by Gasteiger charge is 2.46. The van der Waals surface area contributed by atoms with E-state index >= 15 is 0 Å². The van der Waals surface area contributed by atoms with Crippen LogP contribution in [0.5, 0.6) is 0 Å². The van der Waals surface area contributed by atoms with E-state index in [4.69, 9.17) is 4.98 Å². The number of nitriles is 1. The van der Waals surface area contributed by atoms with Crippen LogP contribution >= 0.6 is 0 Å². The summed E-state index contributed by atoms with van der Waals surface area (Å²) < 4.78 is 30.7. The van der Waals surface area contributed by atoms with E-state index < -0.39 is 12.0 Å². The Hall–Kier alpha value is -3.65. The van der Waals surface area contributed by atoms with E-state index in [0.29, 0.717) is 18.9 Å². The van der Waals surface area contributed by atoms with Gasteiger partial charge in [-0.05, 0) is 0 Å². The fourth-order valence-corrected chi connectivity index (χ4v) is 4.12. The van der Waals surface area contributed by atoms with E-state index in [9.17, 15) is 14.0 Å². The smallest absolute Gasteiger partial charge is 0.251 e. The fourth-order valence-electron chi connectivity index (χ4n) is 4.12. The molecule has 0 atom stereocenters. The number of aromatic nitrogens is 7. The number of fused-ring (bicyclic) bond motifs is 1. The van der Waals surface area contributed by atoms with Gasteiger partial charge >= 0.3 is 0 Å². The summed E-state index contributed by atoms with van der Waals surface area (Å²) in [5.41, 5.74) is 2.46. The molecule has 5 rings (SSSR count). The molecule has 0 bridgehead atoms. The van der Waals surface area contributed by atoms with Gasteiger partial charge in [0.2, 0.25) is 0 Å². The van der Waals surface area contributed by atoms with Crippen molar-refractivity contribution in [3.05, 3.63) is 43.2 Å². The van der Waals surface area contributed by atoms with Gasteiger partial charge in [0, 0.05) is 56.6 Å². The number of rotatable bonds is 6. The number of hydrogen-bond donors (Lipinski definition) is 0. The summed E-state index contributed by atoms with van der Waals surface area (Å²) in [7, 11) is 1.84. The lowest BCUT2D eigenvalue weighted by Crippen LogP contribution is -2.63. The molecular weight excluding hydrogens is 404 g/mol. The Morgan fingerprint density at radius 2 is 2.00 bits per heavy atom. The third kappa shape index (κ3) is 3.34. The minimum atomic E-state index is -2.40. The van der Waals surface area contributed by atoms with E-state index in [0.717, 1.165) is 22.5 Å². The van der Waals surface area contributed by atoms with Gasteiger partial charge in [-0.3, -0.25) is 18.7 Å². The van der Waals surface area contributed by atoms with Crippen molar-refractivity contribution in [3.8, 4) is 28.7 Å². The molecule has 5 heterocycles. The first-order valence-electron chi connectivity index (χ1n) is 9.73. The van der Waals surface area contributed by atoms with Gasteiger partial charge in [-0.2, -0.15) is 15.5 Å². The van der Waals surface area contributed by atoms with Crippen LogP contribution in [0.25, 0.3) is 28.3 Å². The van der Waals surface area contributed by atoms with E-state index in [-0.39, 0.29) is 13.0 Å². The third-order valence-electron chi connectivity index (χ3n) is 5.56. The molecule has 0 saturated carbocycles. The van der Waals surface area contributed by atoms with Gasteiger partial charge in [0.05, 0.1) is 42.7 Å². The topological polar surface area (TPSA) is 92.9 Å². The Balaban J connectivity index is 1.52. The molecule has 9 nitrogen and oxygen atoms in total. The highest BCUT2D eigenvalue weighted by molar-refractivity contribution is 5.68. The minimum Gasteiger partial charge on any atom is -0.293 e. The zero-order valence-corrected chi connectivity index (χ0v) is 16.7. The van der Waals surface area contributed by atoms with Crippen LogP contribution in [0.1, 0.15) is 6.42 Å². The third-order valence-corrected chi connectivity index (χ3v) is 5.56. The second kappa shape index (κ2) is 7.24. The second-order valence-corrected chi connectivity index (χ2v) is 7.82. The average molecular weight is 423 g/mol. The zero-order valence-electron chi connectivity index (χ0n) is 16.7. The van der Waals surface area contributed by atoms with Crippen LogP contribution < -0.4 is 0 Å². The molecule has 11 heteroatoms. The molecule has 0 N–H and O–H groups in total. The molecule has 1 aliphatic heterocycles. The van der Waals surface area contributed by atoms with Gasteiger partial charge in [0.15, 0.2) is 0 Å². The summed E-state index contributed by atoms with van der Waals surface area (Å²) in [6.45, 7) is 0.414. The maximum atomic E-state index is 12.7. The number of nitrogens with zero attached hydrogens (tertiary/aromatic N) is 9. The molecule has 31 heavy (non-hydrogen) atoms. The van der Waals surface area contributed by atoms with Crippen LogP contribution in [-0.2, 0) is 12.6 Å². The average Bonchev–Trinajstić information content (AvgIpc) is 3.45. The van der Waals surface area contributed by atoms with E-state index in [2.05, 4.69) is 21.3 Å². The summed E-state index contributed by atoms with van der Waals surface area (Å²) in [6.07, 6.45) is 8.44. The molecule has 1 fully saturated rings. The molecule has 4 aromatic rings. The van der Waals surface area contributed by atoms with Gasteiger partial charge in [-0.15, -0.1) is 0 Å². The largest absolute Gasteiger partial charge is 0.293 e. The summed E-state index contributed by atoms with van der Waals surface area (Å²) in [4.78, 5) is 10.8. The predicted octanol–water partition coefficient (Wildman–Crippen LogP) is 2.18. The van der Waals surface area contributed by atoms with Crippen molar-refractivity contribution in [3.63, 3.8) is 0 Å². The lowest BCUT2D eigenvalue weighted by atomic mass is 9.87. The number of alkyl halides is 2. The van der Waals surface area contributed by atoms with Crippen LogP contribution in [0.3, 0.4) is 0 Å². The van der Waals surface area contributed by atoms with Crippen LogP contribution in [0, 0.1) is 11.3 Å². The number of halogens is 2. The molecule has 0 spiro atoms. The summed E-state index contributed by atoms with van der Waals surface area (Å²) in [6, 6.07) is 4.06. The molecule has 0 unspecified atom stereocenters. The summed E-state index contributed by atoms with van der Waals surface area (Å²) >= 11 is 0. The minimum absolute atomic E-state index is 0.192. The van der Waals surface area contributed by atoms with Crippen molar-refractivity contribution >= 4 is 5.65 Å². The van der Waals surface area contributed by atoms with E-state index in [1.165, 1.54) is 0 Å². The quantitative estimate of drug-likeness (QED) is 0.472. The van der Waals surface area contributed by atoms with Crippen LogP contribution in [0.4, 0.5) is 8.78 Å². The number of aryl methyl sites for hydroxylation is 1. The van der Waals surface area contributed by atoms with E-state index in [1.54, 1.807) is 32.9 Å². The number of imidazole rings is 1. The SMILES string of the molecule is Cn1cc(-c2cc3nccn3c(-c3cnn(C4(CC#N)CN(CC(F)F)C4)c3)n2)cn1. The highest BCUT2D eigenvalue weighted by atomic mass is 19.3. The Morgan fingerprint density at radius 1 is 1.19 bits per heavy atom. The molecule has 0 aromatic carbocycles. The molecule has 0 radical (unpaired) electrons. The lowest BCUT2D eigenvalue weighted by molar-refractivity contribution is -0.0311. The Bertz CT molecular complexity index is 1270. The van der Waals surface area contributed by atoms with Crippen molar-refractivity contribution in [1.82, 2.24) is 38.8 Å². The van der Waals surface area contributed by atoms with Gasteiger partial charge < -0.3 is 0 Å². The van der Waals surface area contributed by atoms with Crippen molar-refractivity contribution < 1.29 is 8.78 Å². The normalized spacial score (nSPS) is 16.0. The maximum absolute atomic E-state index is 12.7. The maximum Gasteiger partial charge on any atom is 0.251 e. The predicted molar refractivity (Wildman–Crippen MR) is 107 cm³/mol. The zero-order chi connectivity index (χ0) is 21.6. The van der Waals surface area contributed by atoms with Gasteiger partial charge in [-0.1, -0.05) is 0 Å². The van der Waals surface area contributed by atoms with Crippen molar-refractivity contribution in [2.45, 2.75) is 18.4 Å². The van der Waals surface area contributed by atoms with E-state index in [1.807, 2.05) is 36.1 Å². The molecule has 1 saturated heterocycles. The lowest BCUT2D eigenvalue weighted by Gasteiger charge is -2.48. The fraction of sp³-hybridized carbons (Fsp3) is 0.350. The van der Waals surface area contributed by atoms with Gasteiger partial charge in [-0.25, -0.2) is 18.7 Å². The van der Waals surface area contributed by atoms with Crippen molar-refractivity contribution in [2.24, 2.45) is 7.05 Å². The van der Waals surface area contributed by atoms with Crippen LogP contribution in [0.15, 0.2) is 43.2 Å². The number of likely N-dealkylation sites (tertiary alicyclic amines) is 1. The Labute approximate surface area is 176 Å².